The van der Waals surface area contributed by atoms with E-state index in [2.05, 4.69) is 110 Å². The first kappa shape index (κ1) is 82.6. The summed E-state index contributed by atoms with van der Waals surface area (Å²) in [5, 5.41) is 11.5. The molecule has 3 fully saturated rings. The number of hydrogen-bond acceptors (Lipinski definition) is 16. The highest BCUT2D eigenvalue weighted by Gasteiger charge is 2.52. The number of pyridine rings is 4. The van der Waals surface area contributed by atoms with Gasteiger partial charge in [0.1, 0.15) is 29.3 Å². The van der Waals surface area contributed by atoms with Crippen LogP contribution in [0.1, 0.15) is 185 Å². The van der Waals surface area contributed by atoms with Crippen LogP contribution in [0.25, 0.3) is 44.7 Å². The molecule has 0 bridgehead atoms. The van der Waals surface area contributed by atoms with Crippen LogP contribution in [-0.4, -0.2) is 133 Å². The molecule has 2 aromatic carbocycles. The normalized spacial score (nSPS) is 17.4. The van der Waals surface area contributed by atoms with Crippen LogP contribution >= 0.6 is 15.9 Å². The highest BCUT2D eigenvalue weighted by molar-refractivity contribution is 9.10. The van der Waals surface area contributed by atoms with Gasteiger partial charge in [-0.15, -0.1) is 0 Å². The zero-order valence-corrected chi connectivity index (χ0v) is 70.9. The second kappa shape index (κ2) is 33.2. The third kappa shape index (κ3) is 19.7. The van der Waals surface area contributed by atoms with Crippen LogP contribution in [-0.2, 0) is 73.9 Å². The molecule has 1 unspecified atom stereocenters. The lowest BCUT2D eigenvalue weighted by molar-refractivity contribution is 0.00578. The standard InChI is InChI=1S/C36H51N5O4SSi.C28H42BN3O5Si.C14H21BrN2OS/c1-34(2,3)46(42)40-36(18-10-11-19-36)32-16-13-15-29(39-32)26-22-30-28(31(23-26)44-21-20-43-7)24-37-41(30)33-17-12-14-27(38-33)25-45-47(8,9)35(4,5)6;1-26(2,3)38(9,10)35-19-21-12-11-13-25(31-21)32-23-16-20(29-36-27(4,5)28(6,7)37-29)17-24(22(23)18-30-32)34-15-14-33-8;1-13(2,3)19(18)17-14(9-4-5-10-14)11-7-6-8-12(15)16-11/h12-17,22-24,40H,10-11,18-21,25H2,1-9H3;11-13,16-18H,14-15,19H2,1-10H3;6-8,17H,4-5,9-10H2,1-3H3/t;;19-/m..1/s1. The van der Waals surface area contributed by atoms with Gasteiger partial charge in [-0.3, -0.25) is 4.98 Å². The lowest BCUT2D eigenvalue weighted by atomic mass is 9.78. The lowest BCUT2D eigenvalue weighted by Gasteiger charge is -2.36. The number of rotatable bonds is 24. The smallest absolute Gasteiger partial charge is 0.490 e. The van der Waals surface area contributed by atoms with Gasteiger partial charge in [0.15, 0.2) is 28.3 Å². The third-order valence-electron chi connectivity index (χ3n) is 21.1. The van der Waals surface area contributed by atoms with Crippen LogP contribution in [0.3, 0.4) is 0 Å². The molecule has 1 saturated heterocycles. The Balaban J connectivity index is 0.000000196. The SMILES string of the molecule is CC(C)(C)[S@@](=O)NC1(c2cccc(Br)n2)CCCC1.COCCOc1cc(-c2cccc(C3(NS(=O)C(C)(C)C)CCCC3)n2)cc2c1cnn2-c1cccc(CO[Si](C)(C)C(C)(C)C)n1.COCCOc1cc(B2OC(C)(C)C(C)(C)O2)cc2c1cnn2-c1cccc(CO[Si](C)(C)C(C)(C)C)n1. The summed E-state index contributed by atoms with van der Waals surface area (Å²) < 4.78 is 84.9. The summed E-state index contributed by atoms with van der Waals surface area (Å²) in [7, 11) is -3.36. The van der Waals surface area contributed by atoms with E-state index in [0.29, 0.717) is 62.8 Å². The van der Waals surface area contributed by atoms with E-state index in [4.69, 9.17) is 62.3 Å². The molecule has 2 atom stereocenters. The number of hydrogen-bond donors (Lipinski definition) is 2. The second-order valence-corrected chi connectivity index (χ2v) is 48.0. The number of nitrogens with zero attached hydrogens (tertiary/aromatic N) is 8. The number of ether oxygens (including phenoxy) is 4. The summed E-state index contributed by atoms with van der Waals surface area (Å²) in [6, 6.07) is 32.1. The van der Waals surface area contributed by atoms with Gasteiger partial charge in [-0.25, -0.2) is 42.2 Å². The summed E-state index contributed by atoms with van der Waals surface area (Å²) >= 11 is 3.42. The Morgan fingerprint density at radius 2 is 0.952 bits per heavy atom. The number of fused-ring (bicyclic) bond motifs is 2. The van der Waals surface area contributed by atoms with E-state index in [1.807, 2.05) is 176 Å². The molecule has 2 N–H and O–H groups in total. The molecule has 3 aliphatic rings. The van der Waals surface area contributed by atoms with Crippen molar-refractivity contribution in [3.8, 4) is 34.4 Å². The fourth-order valence-electron chi connectivity index (χ4n) is 11.8. The summed E-state index contributed by atoms with van der Waals surface area (Å²) in [5.74, 6) is 2.82. The van der Waals surface area contributed by atoms with Crippen LogP contribution in [0.5, 0.6) is 11.5 Å². The molecule has 20 nitrogen and oxygen atoms in total. The molecular formula is C78H114BBrN10O10S2Si2. The highest BCUT2D eigenvalue weighted by Crippen LogP contribution is 2.44. The first-order chi connectivity index (χ1) is 48.6. The van der Waals surface area contributed by atoms with Gasteiger partial charge >= 0.3 is 7.12 Å². The first-order valence-electron chi connectivity index (χ1n) is 36.5. The lowest BCUT2D eigenvalue weighted by Crippen LogP contribution is -2.46. The minimum absolute atomic E-state index is 0.112. The molecular weight excluding hydrogens is 1450 g/mol. The average Bonchev–Trinajstić information content (AvgIpc) is 1.57. The molecule has 11 rings (SSSR count). The maximum Gasteiger partial charge on any atom is 0.495 e. The van der Waals surface area contributed by atoms with Gasteiger partial charge in [-0.05, 0) is 225 Å². The minimum atomic E-state index is -1.94. The van der Waals surface area contributed by atoms with Gasteiger partial charge in [0.05, 0.1) is 143 Å². The van der Waals surface area contributed by atoms with Crippen molar-refractivity contribution in [2.75, 3.05) is 40.6 Å². The predicted octanol–water partition coefficient (Wildman–Crippen LogP) is 16.8. The average molecular weight is 1560 g/mol. The van der Waals surface area contributed by atoms with Crippen LogP contribution in [0.15, 0.2) is 114 Å². The molecule has 7 heterocycles. The molecule has 0 amide bonds. The largest absolute Gasteiger partial charge is 0.495 e. The van der Waals surface area contributed by atoms with Crippen molar-refractivity contribution in [1.29, 1.82) is 0 Å². The molecule has 0 radical (unpaired) electrons. The van der Waals surface area contributed by atoms with Gasteiger partial charge in [-0.1, -0.05) is 91.5 Å². The van der Waals surface area contributed by atoms with Crippen molar-refractivity contribution >= 4 is 88.9 Å². The fraction of sp³-hybridized carbons (Fsp3) is 0.564. The van der Waals surface area contributed by atoms with Crippen LogP contribution in [0, 0.1) is 0 Å². The maximum absolute atomic E-state index is 13.3. The Hall–Kier alpha value is -5.46. The first-order valence-corrected chi connectivity index (χ1v) is 45.4. The minimum Gasteiger partial charge on any atom is -0.490 e. The van der Waals surface area contributed by atoms with E-state index < -0.39 is 62.5 Å². The second-order valence-electron chi connectivity index (χ2n) is 33.6. The van der Waals surface area contributed by atoms with Gasteiger partial charge < -0.3 is 37.1 Å². The van der Waals surface area contributed by atoms with Crippen molar-refractivity contribution in [2.45, 2.75) is 243 Å². The Morgan fingerprint density at radius 1 is 0.538 bits per heavy atom. The Labute approximate surface area is 634 Å². The van der Waals surface area contributed by atoms with Crippen LogP contribution in [0.2, 0.25) is 36.3 Å². The van der Waals surface area contributed by atoms with E-state index in [0.717, 1.165) is 117 Å². The molecule has 104 heavy (non-hydrogen) atoms. The Morgan fingerprint density at radius 3 is 1.38 bits per heavy atom. The van der Waals surface area contributed by atoms with Crippen molar-refractivity contribution in [2.24, 2.45) is 0 Å². The molecule has 2 saturated carbocycles. The van der Waals surface area contributed by atoms with Gasteiger partial charge in [0, 0.05) is 19.8 Å². The Bertz CT molecular complexity index is 4270. The third-order valence-corrected chi connectivity index (χ3v) is 33.9. The van der Waals surface area contributed by atoms with Gasteiger partial charge in [-0.2, -0.15) is 10.2 Å². The molecule has 26 heteroatoms. The quantitative estimate of drug-likeness (QED) is 0.0326. The molecule has 566 valence electrons. The molecule has 8 aromatic rings. The van der Waals surface area contributed by atoms with Crippen molar-refractivity contribution in [3.63, 3.8) is 0 Å². The number of benzene rings is 2. The predicted molar refractivity (Wildman–Crippen MR) is 430 cm³/mol. The van der Waals surface area contributed by atoms with Crippen LogP contribution in [0.4, 0.5) is 0 Å². The zero-order chi connectivity index (χ0) is 76.1. The highest BCUT2D eigenvalue weighted by atomic mass is 79.9. The van der Waals surface area contributed by atoms with E-state index in [1.165, 1.54) is 0 Å². The van der Waals surface area contributed by atoms with Crippen molar-refractivity contribution in [3.05, 3.63) is 137 Å². The van der Waals surface area contributed by atoms with E-state index in [9.17, 15) is 8.42 Å². The van der Waals surface area contributed by atoms with Crippen molar-refractivity contribution in [1.82, 2.24) is 48.9 Å². The number of methoxy groups -OCH3 is 2. The fourth-order valence-corrected chi connectivity index (χ4v) is 16.0. The summed E-state index contributed by atoms with van der Waals surface area (Å²) in [6.45, 7) is 45.3. The summed E-state index contributed by atoms with van der Waals surface area (Å²) in [4.78, 5) is 19.7. The van der Waals surface area contributed by atoms with E-state index in [1.54, 1.807) is 14.2 Å². The molecule has 0 spiro atoms. The summed E-state index contributed by atoms with van der Waals surface area (Å²) in [5.41, 5.74) is 6.36. The van der Waals surface area contributed by atoms with Crippen molar-refractivity contribution < 1.29 is 45.5 Å². The maximum atomic E-state index is 13.3. The topological polar surface area (TPSA) is 219 Å². The van der Waals surface area contributed by atoms with E-state index in [-0.39, 0.29) is 25.1 Å². The summed E-state index contributed by atoms with van der Waals surface area (Å²) in [6.07, 6.45) is 11.9. The molecule has 6 aromatic heterocycles. The number of nitrogens with one attached hydrogen (secondary N) is 2. The van der Waals surface area contributed by atoms with Gasteiger partial charge in [0.2, 0.25) is 0 Å². The van der Waals surface area contributed by atoms with Crippen LogP contribution < -0.4 is 24.4 Å². The molecule has 1 aliphatic heterocycles. The number of aromatic nitrogens is 8. The number of halogens is 1. The van der Waals surface area contributed by atoms with E-state index >= 15 is 0 Å². The Kier molecular flexibility index (Phi) is 26.3. The molecule has 2 aliphatic carbocycles. The monoisotopic (exact) mass is 1560 g/mol. The van der Waals surface area contributed by atoms with Gasteiger partial charge in [0.25, 0.3) is 0 Å². The zero-order valence-electron chi connectivity index (χ0n) is 65.7.